The molecular weight excluding hydrogens is 260 g/mol. The van der Waals surface area contributed by atoms with Crippen molar-refractivity contribution in [1.29, 1.82) is 0 Å². The van der Waals surface area contributed by atoms with Crippen molar-refractivity contribution in [1.82, 2.24) is 4.90 Å². The van der Waals surface area contributed by atoms with Crippen LogP contribution in [0, 0.1) is 13.8 Å². The zero-order valence-corrected chi connectivity index (χ0v) is 13.1. The van der Waals surface area contributed by atoms with Crippen LogP contribution >= 0.6 is 0 Å². The Morgan fingerprint density at radius 2 is 1.57 bits per heavy atom. The van der Waals surface area contributed by atoms with E-state index in [0.717, 1.165) is 22.4 Å². The van der Waals surface area contributed by atoms with Crippen molar-refractivity contribution in [2.75, 3.05) is 19.4 Å². The Hall–Kier alpha value is -2.13. The normalized spacial score (nSPS) is 12.2. The van der Waals surface area contributed by atoms with Crippen LogP contribution < -0.4 is 5.32 Å². The Labute approximate surface area is 126 Å². The SMILES string of the molecule is Cc1cc(C)cc(NC(=O)[C@H](c2ccccc2)N(C)C)c1. The molecule has 2 rings (SSSR count). The third-order valence-corrected chi connectivity index (χ3v) is 3.37. The predicted molar refractivity (Wildman–Crippen MR) is 87.4 cm³/mol. The molecule has 0 saturated carbocycles. The first-order valence-corrected chi connectivity index (χ1v) is 7.08. The molecule has 1 amide bonds. The van der Waals surface area contributed by atoms with E-state index >= 15 is 0 Å². The van der Waals surface area contributed by atoms with E-state index in [1.165, 1.54) is 0 Å². The minimum Gasteiger partial charge on any atom is -0.324 e. The molecule has 21 heavy (non-hydrogen) atoms. The van der Waals surface area contributed by atoms with Crippen molar-refractivity contribution in [3.05, 3.63) is 65.2 Å². The lowest BCUT2D eigenvalue weighted by Crippen LogP contribution is -2.32. The first-order chi connectivity index (χ1) is 9.97. The van der Waals surface area contributed by atoms with Gasteiger partial charge in [0.2, 0.25) is 5.91 Å². The summed E-state index contributed by atoms with van der Waals surface area (Å²) in [5.41, 5.74) is 4.13. The van der Waals surface area contributed by atoms with Crippen LogP contribution in [-0.2, 0) is 4.79 Å². The first-order valence-electron chi connectivity index (χ1n) is 7.08. The van der Waals surface area contributed by atoms with Gasteiger partial charge in [-0.25, -0.2) is 0 Å². The molecule has 0 aliphatic carbocycles. The van der Waals surface area contributed by atoms with Crippen LogP contribution in [0.4, 0.5) is 5.69 Å². The minimum absolute atomic E-state index is 0.0174. The van der Waals surface area contributed by atoms with E-state index < -0.39 is 0 Å². The summed E-state index contributed by atoms with van der Waals surface area (Å²) in [4.78, 5) is 14.5. The number of nitrogens with zero attached hydrogens (tertiary/aromatic N) is 1. The van der Waals surface area contributed by atoms with Crippen LogP contribution in [0.25, 0.3) is 0 Å². The van der Waals surface area contributed by atoms with Gasteiger partial charge in [0.1, 0.15) is 6.04 Å². The number of carbonyl (C=O) groups is 1. The highest BCUT2D eigenvalue weighted by Gasteiger charge is 2.22. The number of benzene rings is 2. The van der Waals surface area contributed by atoms with Crippen LogP contribution in [0.15, 0.2) is 48.5 Å². The molecule has 2 aromatic carbocycles. The van der Waals surface area contributed by atoms with Gasteiger partial charge in [0.05, 0.1) is 0 Å². The Balaban J connectivity index is 2.24. The number of anilines is 1. The number of rotatable bonds is 4. The van der Waals surface area contributed by atoms with E-state index in [9.17, 15) is 4.79 Å². The van der Waals surface area contributed by atoms with Gasteiger partial charge in [0.25, 0.3) is 0 Å². The second-order valence-corrected chi connectivity index (χ2v) is 5.64. The monoisotopic (exact) mass is 282 g/mol. The van der Waals surface area contributed by atoms with Gasteiger partial charge in [-0.2, -0.15) is 0 Å². The van der Waals surface area contributed by atoms with Gasteiger partial charge in [0.15, 0.2) is 0 Å². The largest absolute Gasteiger partial charge is 0.324 e. The highest BCUT2D eigenvalue weighted by Crippen LogP contribution is 2.21. The van der Waals surface area contributed by atoms with Gasteiger partial charge in [-0.05, 0) is 56.8 Å². The summed E-state index contributed by atoms with van der Waals surface area (Å²) in [6.07, 6.45) is 0. The molecule has 0 aromatic heterocycles. The van der Waals surface area contributed by atoms with Crippen molar-refractivity contribution in [3.8, 4) is 0 Å². The number of nitrogens with one attached hydrogen (secondary N) is 1. The van der Waals surface area contributed by atoms with Crippen molar-refractivity contribution in [2.45, 2.75) is 19.9 Å². The van der Waals surface area contributed by atoms with Gasteiger partial charge in [0, 0.05) is 5.69 Å². The molecule has 110 valence electrons. The summed E-state index contributed by atoms with van der Waals surface area (Å²) < 4.78 is 0. The third kappa shape index (κ3) is 3.92. The fraction of sp³-hybridized carbons (Fsp3) is 0.278. The second kappa shape index (κ2) is 6.55. The maximum Gasteiger partial charge on any atom is 0.246 e. The zero-order valence-electron chi connectivity index (χ0n) is 13.1. The summed E-state index contributed by atoms with van der Waals surface area (Å²) in [6, 6.07) is 15.6. The summed E-state index contributed by atoms with van der Waals surface area (Å²) in [5, 5.41) is 3.02. The van der Waals surface area contributed by atoms with Crippen LogP contribution in [0.1, 0.15) is 22.7 Å². The maximum absolute atomic E-state index is 12.6. The zero-order chi connectivity index (χ0) is 15.4. The van der Waals surface area contributed by atoms with Crippen LogP contribution in [0.5, 0.6) is 0 Å². The molecule has 0 radical (unpaired) electrons. The quantitative estimate of drug-likeness (QED) is 0.930. The van der Waals surface area contributed by atoms with E-state index in [1.54, 1.807) is 0 Å². The summed E-state index contributed by atoms with van der Waals surface area (Å²) >= 11 is 0. The van der Waals surface area contributed by atoms with Crippen LogP contribution in [0.2, 0.25) is 0 Å². The molecule has 0 unspecified atom stereocenters. The molecule has 2 aromatic rings. The van der Waals surface area contributed by atoms with Crippen LogP contribution in [0.3, 0.4) is 0 Å². The third-order valence-electron chi connectivity index (χ3n) is 3.37. The predicted octanol–water partition coefficient (Wildman–Crippen LogP) is 3.54. The molecule has 0 bridgehead atoms. The summed E-state index contributed by atoms with van der Waals surface area (Å²) in [5.74, 6) is -0.0174. The maximum atomic E-state index is 12.6. The summed E-state index contributed by atoms with van der Waals surface area (Å²) in [7, 11) is 3.83. The van der Waals surface area contributed by atoms with Gasteiger partial charge >= 0.3 is 0 Å². The number of aryl methyl sites for hydroxylation is 2. The molecular formula is C18H22N2O. The van der Waals surface area contributed by atoms with E-state index in [4.69, 9.17) is 0 Å². The van der Waals surface area contributed by atoms with Gasteiger partial charge in [-0.1, -0.05) is 36.4 Å². The molecule has 1 N–H and O–H groups in total. The lowest BCUT2D eigenvalue weighted by atomic mass is 10.0. The lowest BCUT2D eigenvalue weighted by molar-refractivity contribution is -0.120. The Bertz CT molecular complexity index is 600. The molecule has 3 nitrogen and oxygen atoms in total. The lowest BCUT2D eigenvalue weighted by Gasteiger charge is -2.24. The molecule has 0 saturated heterocycles. The second-order valence-electron chi connectivity index (χ2n) is 5.64. The highest BCUT2D eigenvalue weighted by atomic mass is 16.2. The van der Waals surface area contributed by atoms with Gasteiger partial charge < -0.3 is 5.32 Å². The molecule has 0 heterocycles. The highest BCUT2D eigenvalue weighted by molar-refractivity contribution is 5.95. The first kappa shape index (κ1) is 15.3. The number of amides is 1. The Kier molecular flexibility index (Phi) is 4.76. The minimum atomic E-state index is -0.299. The number of hydrogen-bond donors (Lipinski definition) is 1. The fourth-order valence-electron chi connectivity index (χ4n) is 2.58. The van der Waals surface area contributed by atoms with E-state index in [0.29, 0.717) is 0 Å². The van der Waals surface area contributed by atoms with Crippen molar-refractivity contribution < 1.29 is 4.79 Å². The molecule has 0 spiro atoms. The van der Waals surface area contributed by atoms with Crippen LogP contribution in [-0.4, -0.2) is 24.9 Å². The Morgan fingerprint density at radius 1 is 1.00 bits per heavy atom. The molecule has 1 atom stereocenters. The fourth-order valence-corrected chi connectivity index (χ4v) is 2.58. The average Bonchev–Trinajstić information content (AvgIpc) is 2.38. The number of hydrogen-bond acceptors (Lipinski definition) is 2. The summed E-state index contributed by atoms with van der Waals surface area (Å²) in [6.45, 7) is 4.06. The van der Waals surface area contributed by atoms with E-state index in [1.807, 2.05) is 75.3 Å². The van der Waals surface area contributed by atoms with Gasteiger partial charge in [-0.15, -0.1) is 0 Å². The topological polar surface area (TPSA) is 32.3 Å². The Morgan fingerprint density at radius 3 is 2.10 bits per heavy atom. The number of likely N-dealkylation sites (N-methyl/N-ethyl adjacent to an activating group) is 1. The van der Waals surface area contributed by atoms with Crippen molar-refractivity contribution >= 4 is 11.6 Å². The molecule has 0 aliphatic heterocycles. The van der Waals surface area contributed by atoms with Gasteiger partial charge in [-0.3, -0.25) is 9.69 Å². The van der Waals surface area contributed by atoms with E-state index in [2.05, 4.69) is 11.4 Å². The van der Waals surface area contributed by atoms with E-state index in [-0.39, 0.29) is 11.9 Å². The molecule has 0 aliphatic rings. The standard InChI is InChI=1S/C18H22N2O/c1-13-10-14(2)12-16(11-13)19-18(21)17(20(3)4)15-8-6-5-7-9-15/h5-12,17H,1-4H3,(H,19,21)/t17-/m0/s1. The molecule has 3 heteroatoms. The van der Waals surface area contributed by atoms with Crippen molar-refractivity contribution in [3.63, 3.8) is 0 Å². The number of carbonyl (C=O) groups excluding carboxylic acids is 1. The smallest absolute Gasteiger partial charge is 0.246 e. The van der Waals surface area contributed by atoms with Crippen molar-refractivity contribution in [2.24, 2.45) is 0 Å². The molecule has 0 fully saturated rings. The average molecular weight is 282 g/mol.